The Labute approximate surface area is 220 Å². The molecule has 2 aliphatic rings. The van der Waals surface area contributed by atoms with Gasteiger partial charge in [-0.25, -0.2) is 14.4 Å². The van der Waals surface area contributed by atoms with Crippen molar-refractivity contribution in [1.82, 2.24) is 30.5 Å². The minimum atomic E-state index is -0.258. The molecule has 0 amide bonds. The SMILES string of the molecule is Cc1cc(-c2nnno2)cnc1N1CCN(c2cc(-c3ccc(F)cc3)nc(N3CCC[C@H]3C)n2)[C@H](C)C1. The Bertz CT molecular complexity index is 1410. The van der Waals surface area contributed by atoms with E-state index in [2.05, 4.69) is 44.1 Å². The summed E-state index contributed by atoms with van der Waals surface area (Å²) >= 11 is 0. The maximum atomic E-state index is 13.6. The Kier molecular flexibility index (Phi) is 6.34. The Morgan fingerprint density at radius 2 is 1.79 bits per heavy atom. The molecule has 2 fully saturated rings. The highest BCUT2D eigenvalue weighted by Gasteiger charge is 2.29. The Balaban J connectivity index is 1.27. The average Bonchev–Trinajstić information content (AvgIpc) is 3.61. The molecule has 196 valence electrons. The van der Waals surface area contributed by atoms with Crippen molar-refractivity contribution >= 4 is 17.6 Å². The van der Waals surface area contributed by atoms with Gasteiger partial charge in [0.25, 0.3) is 5.89 Å². The van der Waals surface area contributed by atoms with Crippen LogP contribution < -0.4 is 14.7 Å². The van der Waals surface area contributed by atoms with Gasteiger partial charge in [0.05, 0.1) is 16.5 Å². The lowest BCUT2D eigenvalue weighted by atomic mass is 10.1. The van der Waals surface area contributed by atoms with Crippen LogP contribution in [0.5, 0.6) is 0 Å². The summed E-state index contributed by atoms with van der Waals surface area (Å²) < 4.78 is 18.7. The molecule has 2 aliphatic heterocycles. The summed E-state index contributed by atoms with van der Waals surface area (Å²) in [5.74, 6) is 2.67. The third-order valence-corrected chi connectivity index (χ3v) is 7.47. The molecule has 0 saturated carbocycles. The highest BCUT2D eigenvalue weighted by atomic mass is 19.1. The second kappa shape index (κ2) is 9.96. The van der Waals surface area contributed by atoms with Crippen molar-refractivity contribution in [2.45, 2.75) is 45.7 Å². The summed E-state index contributed by atoms with van der Waals surface area (Å²) in [7, 11) is 0. The molecule has 3 aromatic heterocycles. The van der Waals surface area contributed by atoms with E-state index in [1.54, 1.807) is 18.3 Å². The summed E-state index contributed by atoms with van der Waals surface area (Å²) in [5.41, 5.74) is 3.47. The van der Waals surface area contributed by atoms with Crippen LogP contribution >= 0.6 is 0 Å². The summed E-state index contributed by atoms with van der Waals surface area (Å²) in [5, 5.41) is 10.8. The van der Waals surface area contributed by atoms with Crippen molar-refractivity contribution < 1.29 is 8.91 Å². The van der Waals surface area contributed by atoms with E-state index in [0.717, 1.165) is 79.0 Å². The summed E-state index contributed by atoms with van der Waals surface area (Å²) in [6.45, 7) is 9.78. The topological polar surface area (TPSA) is 100 Å². The molecule has 6 rings (SSSR count). The van der Waals surface area contributed by atoms with Gasteiger partial charge < -0.3 is 19.2 Å². The van der Waals surface area contributed by atoms with E-state index in [9.17, 15) is 4.39 Å². The Morgan fingerprint density at radius 3 is 2.47 bits per heavy atom. The Hall–Kier alpha value is -4.15. The third kappa shape index (κ3) is 4.64. The molecule has 11 heteroatoms. The van der Waals surface area contributed by atoms with Crippen LogP contribution in [-0.2, 0) is 0 Å². The van der Waals surface area contributed by atoms with Gasteiger partial charge in [0.15, 0.2) is 0 Å². The summed E-state index contributed by atoms with van der Waals surface area (Å²) in [6, 6.07) is 11.1. The van der Waals surface area contributed by atoms with Crippen LogP contribution in [0.4, 0.5) is 22.0 Å². The molecule has 0 bridgehead atoms. The second-order valence-electron chi connectivity index (χ2n) is 10.1. The molecule has 2 atom stereocenters. The minimum Gasteiger partial charge on any atom is -0.353 e. The molecule has 0 N–H and O–H groups in total. The van der Waals surface area contributed by atoms with E-state index in [0.29, 0.717) is 11.9 Å². The van der Waals surface area contributed by atoms with Crippen LogP contribution in [0.2, 0.25) is 0 Å². The number of benzene rings is 1. The average molecular weight is 516 g/mol. The van der Waals surface area contributed by atoms with Gasteiger partial charge in [0.2, 0.25) is 5.95 Å². The van der Waals surface area contributed by atoms with E-state index < -0.39 is 0 Å². The first kappa shape index (κ1) is 24.2. The molecule has 5 heterocycles. The predicted octanol–water partition coefficient (Wildman–Crippen LogP) is 4.13. The number of anilines is 3. The molecule has 1 aromatic carbocycles. The molecule has 0 spiro atoms. The zero-order chi connectivity index (χ0) is 26.2. The maximum Gasteiger partial charge on any atom is 0.280 e. The lowest BCUT2D eigenvalue weighted by molar-refractivity contribution is 0.403. The molecule has 38 heavy (non-hydrogen) atoms. The van der Waals surface area contributed by atoms with Crippen molar-refractivity contribution in [3.63, 3.8) is 0 Å². The zero-order valence-electron chi connectivity index (χ0n) is 21.7. The first-order chi connectivity index (χ1) is 18.5. The smallest absolute Gasteiger partial charge is 0.280 e. The number of nitrogens with zero attached hydrogens (tertiary/aromatic N) is 9. The van der Waals surface area contributed by atoms with Gasteiger partial charge in [0, 0.05) is 56.1 Å². The molecular weight excluding hydrogens is 485 g/mol. The van der Waals surface area contributed by atoms with Crippen molar-refractivity contribution in [3.05, 3.63) is 54.0 Å². The van der Waals surface area contributed by atoms with Gasteiger partial charge in [0.1, 0.15) is 17.5 Å². The van der Waals surface area contributed by atoms with E-state index in [-0.39, 0.29) is 11.9 Å². The first-order valence-corrected chi connectivity index (χ1v) is 13.0. The molecule has 10 nitrogen and oxygen atoms in total. The van der Waals surface area contributed by atoms with Crippen molar-refractivity contribution in [2.24, 2.45) is 0 Å². The lowest BCUT2D eigenvalue weighted by Crippen LogP contribution is -2.53. The highest BCUT2D eigenvalue weighted by Crippen LogP contribution is 2.31. The largest absolute Gasteiger partial charge is 0.353 e. The van der Waals surface area contributed by atoms with Gasteiger partial charge in [-0.05, 0) is 74.7 Å². The Morgan fingerprint density at radius 1 is 0.947 bits per heavy atom. The lowest BCUT2D eigenvalue weighted by Gasteiger charge is -2.41. The highest BCUT2D eigenvalue weighted by molar-refractivity contribution is 5.66. The summed E-state index contributed by atoms with van der Waals surface area (Å²) in [4.78, 5) is 21.6. The van der Waals surface area contributed by atoms with Crippen LogP contribution in [0, 0.1) is 12.7 Å². The van der Waals surface area contributed by atoms with E-state index >= 15 is 0 Å². The van der Waals surface area contributed by atoms with Gasteiger partial charge in [-0.15, -0.1) is 0 Å². The fourth-order valence-electron chi connectivity index (χ4n) is 5.45. The van der Waals surface area contributed by atoms with Crippen LogP contribution in [0.15, 0.2) is 47.1 Å². The van der Waals surface area contributed by atoms with Gasteiger partial charge >= 0.3 is 0 Å². The van der Waals surface area contributed by atoms with Gasteiger partial charge in [-0.3, -0.25) is 0 Å². The molecule has 2 saturated heterocycles. The zero-order valence-corrected chi connectivity index (χ0v) is 21.7. The molecular formula is C27H30FN9O. The maximum absolute atomic E-state index is 13.6. The summed E-state index contributed by atoms with van der Waals surface area (Å²) in [6.07, 6.45) is 4.00. The predicted molar refractivity (Wildman–Crippen MR) is 143 cm³/mol. The van der Waals surface area contributed by atoms with Crippen LogP contribution in [0.25, 0.3) is 22.7 Å². The number of piperazine rings is 1. The van der Waals surface area contributed by atoms with E-state index in [1.807, 2.05) is 19.1 Å². The monoisotopic (exact) mass is 515 g/mol. The van der Waals surface area contributed by atoms with Crippen molar-refractivity contribution in [2.75, 3.05) is 40.9 Å². The van der Waals surface area contributed by atoms with Crippen LogP contribution in [0.3, 0.4) is 0 Å². The number of rotatable bonds is 5. The molecule has 0 radical (unpaired) electrons. The molecule has 0 aliphatic carbocycles. The van der Waals surface area contributed by atoms with E-state index in [4.69, 9.17) is 19.5 Å². The molecule has 4 aromatic rings. The second-order valence-corrected chi connectivity index (χ2v) is 10.1. The number of halogens is 1. The quantitative estimate of drug-likeness (QED) is 0.386. The van der Waals surface area contributed by atoms with Crippen LogP contribution in [-0.4, -0.2) is 68.8 Å². The molecule has 0 unspecified atom stereocenters. The standard InChI is InChI=1S/C27H30FN9O/c1-17-13-21(26-32-33-34-38-26)15-29-25(17)35-11-12-36(19(3)16-35)24-14-23(20-6-8-22(28)9-7-20)30-27(31-24)37-10-4-5-18(37)2/h6-9,13-15,18-19H,4-5,10-12,16H2,1-3H3/t18-,19-/m1/s1. The normalized spacial score (nSPS) is 19.8. The minimum absolute atomic E-state index is 0.185. The van der Waals surface area contributed by atoms with Crippen molar-refractivity contribution in [1.29, 1.82) is 0 Å². The number of aryl methyl sites for hydroxylation is 1. The van der Waals surface area contributed by atoms with Crippen LogP contribution in [0.1, 0.15) is 32.3 Å². The van der Waals surface area contributed by atoms with Crippen molar-refractivity contribution in [3.8, 4) is 22.7 Å². The third-order valence-electron chi connectivity index (χ3n) is 7.47. The number of hydrogen-bond donors (Lipinski definition) is 0. The fourth-order valence-corrected chi connectivity index (χ4v) is 5.45. The number of aromatic nitrogens is 6. The number of pyridine rings is 1. The fraction of sp³-hybridized carbons (Fsp3) is 0.407. The van der Waals surface area contributed by atoms with E-state index in [1.165, 1.54) is 12.1 Å². The first-order valence-electron chi connectivity index (χ1n) is 13.0. The van der Waals surface area contributed by atoms with Gasteiger partial charge in [-0.1, -0.05) is 5.10 Å². The van der Waals surface area contributed by atoms with Gasteiger partial charge in [-0.2, -0.15) is 4.98 Å². The number of hydrogen-bond acceptors (Lipinski definition) is 10.